The number of hydrogen-bond donors (Lipinski definition) is 1. The van der Waals surface area contributed by atoms with Gasteiger partial charge in [0.15, 0.2) is 5.13 Å². The number of hydrogen-bond acceptors (Lipinski definition) is 5. The summed E-state index contributed by atoms with van der Waals surface area (Å²) in [7, 11) is 0. The Bertz CT molecular complexity index is 912. The molecule has 0 radical (unpaired) electrons. The van der Waals surface area contributed by atoms with Crippen LogP contribution in [0.25, 0.3) is 11.3 Å². The summed E-state index contributed by atoms with van der Waals surface area (Å²) in [5.74, 6) is 1.32. The van der Waals surface area contributed by atoms with Gasteiger partial charge in [0.2, 0.25) is 5.91 Å². The van der Waals surface area contributed by atoms with Crippen LogP contribution in [0.5, 0.6) is 0 Å². The molecule has 2 aromatic heterocycles. The lowest BCUT2D eigenvalue weighted by molar-refractivity contribution is -0.120. The molecule has 1 unspecified atom stereocenters. The second-order valence-corrected chi connectivity index (χ2v) is 7.75. The highest BCUT2D eigenvalue weighted by Gasteiger charge is 2.26. The molecule has 134 valence electrons. The van der Waals surface area contributed by atoms with Crippen molar-refractivity contribution in [2.24, 2.45) is 5.92 Å². The zero-order chi connectivity index (χ0) is 18.1. The molecule has 26 heavy (non-hydrogen) atoms. The van der Waals surface area contributed by atoms with E-state index < -0.39 is 0 Å². The van der Waals surface area contributed by atoms with Crippen LogP contribution in [0.2, 0.25) is 0 Å². The van der Waals surface area contributed by atoms with Crippen molar-refractivity contribution >= 4 is 22.4 Å². The number of benzene rings is 1. The molecule has 4 rings (SSSR count). The summed E-state index contributed by atoms with van der Waals surface area (Å²) >= 11 is 1.46. The van der Waals surface area contributed by atoms with Crippen molar-refractivity contribution in [3.05, 3.63) is 47.4 Å². The molecule has 0 spiro atoms. The smallest absolute Gasteiger partial charge is 0.229 e. The first kappa shape index (κ1) is 16.9. The highest BCUT2D eigenvalue weighted by atomic mass is 32.1. The molecule has 1 amide bonds. The van der Waals surface area contributed by atoms with Gasteiger partial charge in [-0.25, -0.2) is 9.97 Å². The molecule has 1 aromatic carbocycles. The fourth-order valence-corrected chi connectivity index (χ4v) is 3.89. The monoisotopic (exact) mass is 367 g/mol. The fourth-order valence-electron chi connectivity index (χ4n) is 3.17. The minimum absolute atomic E-state index is 0.00954. The van der Waals surface area contributed by atoms with Crippen LogP contribution in [0.1, 0.15) is 37.6 Å². The van der Waals surface area contributed by atoms with Gasteiger partial charge in [0, 0.05) is 29.8 Å². The first-order valence-corrected chi connectivity index (χ1v) is 9.71. The van der Waals surface area contributed by atoms with Crippen LogP contribution in [0.15, 0.2) is 36.0 Å². The normalized spacial score (nSPS) is 16.5. The van der Waals surface area contributed by atoms with Crippen molar-refractivity contribution in [3.8, 4) is 11.3 Å². The zero-order valence-electron chi connectivity index (χ0n) is 14.8. The van der Waals surface area contributed by atoms with Gasteiger partial charge in [-0.2, -0.15) is 5.10 Å². The van der Waals surface area contributed by atoms with E-state index in [9.17, 15) is 4.79 Å². The second-order valence-electron chi connectivity index (χ2n) is 6.89. The Kier molecular flexibility index (Phi) is 4.55. The molecule has 1 aliphatic rings. The molecule has 7 heteroatoms. The Balaban J connectivity index is 1.43. The predicted molar refractivity (Wildman–Crippen MR) is 102 cm³/mol. The minimum atomic E-state index is -0.0793. The van der Waals surface area contributed by atoms with Crippen LogP contribution >= 0.6 is 11.3 Å². The lowest BCUT2D eigenvalue weighted by Gasteiger charge is -2.20. The Morgan fingerprint density at radius 1 is 1.31 bits per heavy atom. The highest BCUT2D eigenvalue weighted by molar-refractivity contribution is 7.14. The van der Waals surface area contributed by atoms with E-state index in [0.717, 1.165) is 30.0 Å². The van der Waals surface area contributed by atoms with Gasteiger partial charge >= 0.3 is 0 Å². The van der Waals surface area contributed by atoms with Crippen molar-refractivity contribution < 1.29 is 4.79 Å². The van der Waals surface area contributed by atoms with E-state index >= 15 is 0 Å². The van der Waals surface area contributed by atoms with Gasteiger partial charge in [-0.15, -0.1) is 11.3 Å². The van der Waals surface area contributed by atoms with Gasteiger partial charge in [-0.3, -0.25) is 9.48 Å². The molecule has 1 N–H and O–H groups in total. The maximum atomic E-state index is 12.6. The third-order valence-corrected chi connectivity index (χ3v) is 5.55. The van der Waals surface area contributed by atoms with Crippen molar-refractivity contribution in [2.45, 2.75) is 39.2 Å². The predicted octanol–water partition coefficient (Wildman–Crippen LogP) is 3.73. The molecule has 0 saturated heterocycles. The van der Waals surface area contributed by atoms with E-state index in [1.165, 1.54) is 16.9 Å². The second kappa shape index (κ2) is 6.99. The number of carbonyl (C=O) groups is 1. The Labute approximate surface area is 156 Å². The molecule has 6 nitrogen and oxygen atoms in total. The summed E-state index contributed by atoms with van der Waals surface area (Å²) in [5, 5.41) is 9.74. The van der Waals surface area contributed by atoms with Crippen molar-refractivity contribution in [1.82, 2.24) is 19.7 Å². The van der Waals surface area contributed by atoms with E-state index in [1.54, 1.807) is 6.33 Å². The summed E-state index contributed by atoms with van der Waals surface area (Å²) in [6.07, 6.45) is 2.95. The molecule has 3 aromatic rings. The number of fused-ring (bicyclic) bond motifs is 1. The summed E-state index contributed by atoms with van der Waals surface area (Å²) in [6.45, 7) is 5.09. The van der Waals surface area contributed by atoms with Crippen LogP contribution in [-0.2, 0) is 17.8 Å². The first-order valence-electron chi connectivity index (χ1n) is 8.83. The van der Waals surface area contributed by atoms with Crippen LogP contribution < -0.4 is 5.32 Å². The molecule has 1 aliphatic heterocycles. The number of carbonyl (C=O) groups excluding carboxylic acids is 1. The molecule has 0 fully saturated rings. The quantitative estimate of drug-likeness (QED) is 0.763. The molecular weight excluding hydrogens is 346 g/mol. The van der Waals surface area contributed by atoms with Crippen LogP contribution in [-0.4, -0.2) is 25.7 Å². The van der Waals surface area contributed by atoms with Gasteiger partial charge in [0.1, 0.15) is 12.2 Å². The van der Waals surface area contributed by atoms with Crippen molar-refractivity contribution in [1.29, 1.82) is 0 Å². The van der Waals surface area contributed by atoms with Gasteiger partial charge in [-0.1, -0.05) is 38.1 Å². The van der Waals surface area contributed by atoms with Gasteiger partial charge in [-0.05, 0) is 17.9 Å². The Morgan fingerprint density at radius 2 is 2.12 bits per heavy atom. The fraction of sp³-hybridized carbons (Fsp3) is 0.368. The first-order chi connectivity index (χ1) is 12.6. The lowest BCUT2D eigenvalue weighted by Crippen LogP contribution is -2.30. The highest BCUT2D eigenvalue weighted by Crippen LogP contribution is 2.27. The largest absolute Gasteiger partial charge is 0.302 e. The maximum absolute atomic E-state index is 12.6. The number of rotatable bonds is 4. The number of nitrogens with one attached hydrogen (secondary N) is 1. The number of aryl methyl sites for hydroxylation is 1. The molecule has 0 aliphatic carbocycles. The summed E-state index contributed by atoms with van der Waals surface area (Å²) in [4.78, 5) is 21.4. The molecule has 0 saturated carbocycles. The summed E-state index contributed by atoms with van der Waals surface area (Å²) < 4.78 is 1.87. The van der Waals surface area contributed by atoms with Crippen LogP contribution in [0, 0.1) is 5.92 Å². The van der Waals surface area contributed by atoms with Crippen LogP contribution in [0.4, 0.5) is 5.13 Å². The topological polar surface area (TPSA) is 72.7 Å². The summed E-state index contributed by atoms with van der Waals surface area (Å²) in [5.41, 5.74) is 3.27. The number of anilines is 1. The molecule has 3 heterocycles. The van der Waals surface area contributed by atoms with Gasteiger partial charge < -0.3 is 5.32 Å². The third-order valence-electron chi connectivity index (χ3n) is 4.79. The Hall–Kier alpha value is -2.54. The lowest BCUT2D eigenvalue weighted by atomic mass is 9.97. The minimum Gasteiger partial charge on any atom is -0.302 e. The van der Waals surface area contributed by atoms with Crippen LogP contribution in [0.3, 0.4) is 0 Å². The average molecular weight is 367 g/mol. The van der Waals surface area contributed by atoms with E-state index in [-0.39, 0.29) is 11.8 Å². The molecule has 1 atom stereocenters. The third kappa shape index (κ3) is 3.39. The summed E-state index contributed by atoms with van der Waals surface area (Å²) in [6, 6.07) is 8.44. The van der Waals surface area contributed by atoms with Gasteiger partial charge in [0.05, 0.1) is 5.69 Å². The number of thiazole rings is 1. The van der Waals surface area contributed by atoms with Crippen molar-refractivity contribution in [3.63, 3.8) is 0 Å². The molecule has 0 bridgehead atoms. The SMILES string of the molecule is CC(C)c1ccc(-c2csc(NC(=O)C3CCn4ncnc4C3)n2)cc1. The van der Waals surface area contributed by atoms with E-state index in [2.05, 4.69) is 58.5 Å². The van der Waals surface area contributed by atoms with Gasteiger partial charge in [0.25, 0.3) is 0 Å². The van der Waals surface area contributed by atoms with E-state index in [0.29, 0.717) is 17.5 Å². The number of nitrogens with zero attached hydrogens (tertiary/aromatic N) is 4. The van der Waals surface area contributed by atoms with E-state index in [1.807, 2.05) is 10.1 Å². The molecular formula is C19H21N5OS. The average Bonchev–Trinajstić information content (AvgIpc) is 3.30. The van der Waals surface area contributed by atoms with Crippen molar-refractivity contribution in [2.75, 3.05) is 5.32 Å². The maximum Gasteiger partial charge on any atom is 0.229 e. The standard InChI is InChI=1S/C19H21N5OS/c1-12(2)13-3-5-14(6-4-13)16-10-26-19(22-16)23-18(25)15-7-8-24-17(9-15)20-11-21-24/h3-6,10-12,15H,7-9H2,1-2H3,(H,22,23,25). The number of aromatic nitrogens is 4. The number of amides is 1. The zero-order valence-corrected chi connectivity index (χ0v) is 15.7. The Morgan fingerprint density at radius 3 is 2.88 bits per heavy atom. The van der Waals surface area contributed by atoms with E-state index in [4.69, 9.17) is 0 Å².